The van der Waals surface area contributed by atoms with E-state index in [0.29, 0.717) is 12.2 Å². The SMILES string of the molecule is FC(F)(F)c1ccc2nc(-c3ccc4ccccc4c3)c(CN3CCCNCC3)n2c1. The van der Waals surface area contributed by atoms with E-state index in [9.17, 15) is 13.2 Å². The molecule has 0 atom stereocenters. The molecule has 0 unspecified atom stereocenters. The van der Waals surface area contributed by atoms with Gasteiger partial charge in [-0.1, -0.05) is 36.4 Å². The van der Waals surface area contributed by atoms with E-state index in [2.05, 4.69) is 16.3 Å². The third-order valence-electron chi connectivity index (χ3n) is 5.87. The molecule has 0 amide bonds. The topological polar surface area (TPSA) is 32.6 Å². The van der Waals surface area contributed by atoms with Crippen LogP contribution in [0.2, 0.25) is 0 Å². The average molecular weight is 424 g/mol. The summed E-state index contributed by atoms with van der Waals surface area (Å²) in [5, 5.41) is 5.58. The third kappa shape index (κ3) is 4.03. The van der Waals surface area contributed by atoms with Crippen molar-refractivity contribution < 1.29 is 13.2 Å². The third-order valence-corrected chi connectivity index (χ3v) is 5.87. The van der Waals surface area contributed by atoms with E-state index in [1.165, 1.54) is 12.3 Å². The first-order valence-corrected chi connectivity index (χ1v) is 10.5. The van der Waals surface area contributed by atoms with E-state index in [-0.39, 0.29) is 0 Å². The first kappa shape index (κ1) is 20.0. The van der Waals surface area contributed by atoms with Crippen LogP contribution in [0.1, 0.15) is 17.7 Å². The average Bonchev–Trinajstić information content (AvgIpc) is 2.92. The number of alkyl halides is 3. The van der Waals surface area contributed by atoms with Crippen molar-refractivity contribution in [3.8, 4) is 11.3 Å². The molecule has 4 nitrogen and oxygen atoms in total. The number of rotatable bonds is 3. The number of halogens is 3. The van der Waals surface area contributed by atoms with Gasteiger partial charge in [-0.05, 0) is 48.5 Å². The summed E-state index contributed by atoms with van der Waals surface area (Å²) in [6.07, 6.45) is -2.21. The summed E-state index contributed by atoms with van der Waals surface area (Å²) in [5.41, 5.74) is 2.31. The minimum atomic E-state index is -4.40. The van der Waals surface area contributed by atoms with Crippen molar-refractivity contribution in [3.63, 3.8) is 0 Å². The Kier molecular flexibility index (Phi) is 5.16. The van der Waals surface area contributed by atoms with Crippen LogP contribution < -0.4 is 5.32 Å². The normalized spacial score (nSPS) is 16.1. The van der Waals surface area contributed by atoms with Gasteiger partial charge in [0.1, 0.15) is 5.65 Å². The molecule has 1 aliphatic heterocycles. The molecule has 1 aliphatic rings. The Hall–Kier alpha value is -2.90. The van der Waals surface area contributed by atoms with Gasteiger partial charge in [-0.15, -0.1) is 0 Å². The molecule has 0 bridgehead atoms. The Morgan fingerprint density at radius 3 is 2.61 bits per heavy atom. The first-order valence-electron chi connectivity index (χ1n) is 10.5. The molecule has 160 valence electrons. The number of nitrogens with one attached hydrogen (secondary N) is 1. The van der Waals surface area contributed by atoms with Crippen LogP contribution in [0.25, 0.3) is 27.7 Å². The summed E-state index contributed by atoms with van der Waals surface area (Å²) >= 11 is 0. The highest BCUT2D eigenvalue weighted by Gasteiger charge is 2.31. The van der Waals surface area contributed by atoms with Crippen molar-refractivity contribution in [2.24, 2.45) is 0 Å². The van der Waals surface area contributed by atoms with Gasteiger partial charge in [-0.3, -0.25) is 4.90 Å². The van der Waals surface area contributed by atoms with Gasteiger partial charge in [0.25, 0.3) is 0 Å². The molecular weight excluding hydrogens is 401 g/mol. The minimum Gasteiger partial charge on any atom is -0.315 e. The fraction of sp³-hybridized carbons (Fsp3) is 0.292. The van der Waals surface area contributed by atoms with Crippen molar-refractivity contribution in [1.29, 1.82) is 0 Å². The molecule has 7 heteroatoms. The van der Waals surface area contributed by atoms with Gasteiger partial charge >= 0.3 is 6.18 Å². The summed E-state index contributed by atoms with van der Waals surface area (Å²) in [6.45, 7) is 4.13. The number of imidazole rings is 1. The molecule has 0 saturated carbocycles. The van der Waals surface area contributed by atoms with E-state index in [4.69, 9.17) is 4.98 Å². The fourth-order valence-corrected chi connectivity index (χ4v) is 4.25. The molecule has 1 fully saturated rings. The molecule has 1 saturated heterocycles. The predicted octanol–water partition coefficient (Wildman–Crippen LogP) is 4.97. The fourth-order valence-electron chi connectivity index (χ4n) is 4.25. The lowest BCUT2D eigenvalue weighted by molar-refractivity contribution is -0.137. The zero-order valence-electron chi connectivity index (χ0n) is 17.0. The van der Waals surface area contributed by atoms with E-state index in [0.717, 1.165) is 66.4 Å². The van der Waals surface area contributed by atoms with Crippen LogP contribution in [0.4, 0.5) is 13.2 Å². The van der Waals surface area contributed by atoms with Gasteiger partial charge in [0.2, 0.25) is 0 Å². The smallest absolute Gasteiger partial charge is 0.315 e. The maximum absolute atomic E-state index is 13.4. The number of hydrogen-bond acceptors (Lipinski definition) is 3. The second-order valence-corrected chi connectivity index (χ2v) is 7.99. The molecule has 0 radical (unpaired) electrons. The molecule has 3 heterocycles. The number of nitrogens with zero attached hydrogens (tertiary/aromatic N) is 3. The molecule has 5 rings (SSSR count). The lowest BCUT2D eigenvalue weighted by Gasteiger charge is -2.20. The van der Waals surface area contributed by atoms with Crippen molar-refractivity contribution in [2.45, 2.75) is 19.1 Å². The number of benzene rings is 2. The van der Waals surface area contributed by atoms with Crippen LogP contribution >= 0.6 is 0 Å². The maximum Gasteiger partial charge on any atom is 0.417 e. The Bertz CT molecular complexity index is 1220. The summed E-state index contributed by atoms with van der Waals surface area (Å²) in [6, 6.07) is 16.7. The van der Waals surface area contributed by atoms with Crippen molar-refractivity contribution in [3.05, 3.63) is 72.1 Å². The Morgan fingerprint density at radius 2 is 1.77 bits per heavy atom. The summed E-state index contributed by atoms with van der Waals surface area (Å²) < 4.78 is 41.9. The summed E-state index contributed by atoms with van der Waals surface area (Å²) in [4.78, 5) is 7.04. The molecule has 0 spiro atoms. The predicted molar refractivity (Wildman–Crippen MR) is 116 cm³/mol. The summed E-state index contributed by atoms with van der Waals surface area (Å²) in [5.74, 6) is 0. The molecule has 1 N–H and O–H groups in total. The zero-order valence-corrected chi connectivity index (χ0v) is 17.0. The van der Waals surface area contributed by atoms with Crippen LogP contribution in [-0.4, -0.2) is 40.5 Å². The van der Waals surface area contributed by atoms with Gasteiger partial charge in [0.15, 0.2) is 0 Å². The number of pyridine rings is 1. The van der Waals surface area contributed by atoms with Gasteiger partial charge in [0.05, 0.1) is 17.0 Å². The highest BCUT2D eigenvalue weighted by molar-refractivity contribution is 5.87. The lowest BCUT2D eigenvalue weighted by atomic mass is 10.0. The molecule has 2 aromatic heterocycles. The molecule has 31 heavy (non-hydrogen) atoms. The number of fused-ring (bicyclic) bond motifs is 2. The van der Waals surface area contributed by atoms with Crippen LogP contribution in [-0.2, 0) is 12.7 Å². The van der Waals surface area contributed by atoms with Crippen molar-refractivity contribution in [2.75, 3.05) is 26.2 Å². The molecule has 0 aliphatic carbocycles. The van der Waals surface area contributed by atoms with Crippen LogP contribution in [0.3, 0.4) is 0 Å². The largest absolute Gasteiger partial charge is 0.417 e. The number of aromatic nitrogens is 2. The lowest BCUT2D eigenvalue weighted by Crippen LogP contribution is -2.28. The van der Waals surface area contributed by atoms with Gasteiger partial charge in [-0.2, -0.15) is 13.2 Å². The maximum atomic E-state index is 13.4. The Morgan fingerprint density at radius 1 is 0.935 bits per heavy atom. The van der Waals surface area contributed by atoms with Crippen LogP contribution in [0.15, 0.2) is 60.8 Å². The Labute approximate surface area is 178 Å². The monoisotopic (exact) mass is 424 g/mol. The number of hydrogen-bond donors (Lipinski definition) is 1. The van der Waals surface area contributed by atoms with Gasteiger partial charge < -0.3 is 9.72 Å². The van der Waals surface area contributed by atoms with Gasteiger partial charge in [-0.25, -0.2) is 4.98 Å². The van der Waals surface area contributed by atoms with E-state index >= 15 is 0 Å². The van der Waals surface area contributed by atoms with Crippen molar-refractivity contribution >= 4 is 16.4 Å². The van der Waals surface area contributed by atoms with Crippen molar-refractivity contribution in [1.82, 2.24) is 19.6 Å². The van der Waals surface area contributed by atoms with E-state index in [1.807, 2.05) is 36.4 Å². The summed E-state index contributed by atoms with van der Waals surface area (Å²) in [7, 11) is 0. The quantitative estimate of drug-likeness (QED) is 0.504. The molecule has 2 aromatic carbocycles. The van der Waals surface area contributed by atoms with E-state index in [1.54, 1.807) is 4.40 Å². The highest BCUT2D eigenvalue weighted by atomic mass is 19.4. The van der Waals surface area contributed by atoms with Gasteiger partial charge in [0, 0.05) is 31.4 Å². The standard InChI is InChI=1S/C24H23F3N4/c25-24(26,27)20-8-9-22-29-23(19-7-6-17-4-1-2-5-18(17)14-19)21(31(22)15-20)16-30-12-3-10-28-11-13-30/h1-2,4-9,14-15,28H,3,10-13,16H2. The first-order chi connectivity index (χ1) is 15.0. The molecule has 4 aromatic rings. The van der Waals surface area contributed by atoms with Crippen LogP contribution in [0.5, 0.6) is 0 Å². The Balaban J connectivity index is 1.66. The zero-order chi connectivity index (χ0) is 21.4. The second-order valence-electron chi connectivity index (χ2n) is 7.99. The molecular formula is C24H23F3N4. The van der Waals surface area contributed by atoms with Crippen LogP contribution in [0, 0.1) is 0 Å². The van der Waals surface area contributed by atoms with E-state index < -0.39 is 11.7 Å². The highest BCUT2D eigenvalue weighted by Crippen LogP contribution is 2.33. The second kappa shape index (κ2) is 7.98. The minimum absolute atomic E-state index is 0.527.